The maximum absolute atomic E-state index is 7.45. The summed E-state index contributed by atoms with van der Waals surface area (Å²) in [5.74, 6) is 0. The van der Waals surface area contributed by atoms with Crippen LogP contribution in [0.1, 0.15) is 0 Å². The number of hydrogen-bond donors (Lipinski definition) is 2. The summed E-state index contributed by atoms with van der Waals surface area (Å²) in [7, 11) is 2.17. The molecule has 0 saturated heterocycles. The molecule has 0 amide bonds. The second-order valence-corrected chi connectivity index (χ2v) is 0.961. The second kappa shape index (κ2) is 1.59. The van der Waals surface area contributed by atoms with E-state index in [1.54, 1.807) is 0 Å². The Morgan fingerprint density at radius 2 is 1.50 bits per heavy atom. The molecule has 0 unspecified atom stereocenters. The summed E-state index contributed by atoms with van der Waals surface area (Å²) in [6.45, 7) is 0. The standard InChI is InChI=1S/BH2O2P/c1-4(2)3/h2-3H/q+1. The molecule has 0 bridgehead atoms. The molecule has 1 radical (unpaired) electrons. The topological polar surface area (TPSA) is 40.5 Å². The molecule has 4 heteroatoms. The van der Waals surface area contributed by atoms with Gasteiger partial charge in [-0.25, -0.2) is 0 Å². The van der Waals surface area contributed by atoms with E-state index in [2.05, 4.69) is 7.18 Å². The Kier molecular flexibility index (Phi) is 1.70. The van der Waals surface area contributed by atoms with E-state index >= 15 is 0 Å². The molecule has 21 valence electrons. The van der Waals surface area contributed by atoms with Crippen LogP contribution in [0.2, 0.25) is 0 Å². The van der Waals surface area contributed by atoms with Gasteiger partial charge in [0.2, 0.25) is 0 Å². The predicted molar refractivity (Wildman–Crippen MR) is 17.1 cm³/mol. The molecule has 0 aromatic rings. The van der Waals surface area contributed by atoms with Gasteiger partial charge in [-0.1, -0.05) is 0 Å². The molecule has 4 heavy (non-hydrogen) atoms. The minimum atomic E-state index is -2.12. The zero-order valence-electron chi connectivity index (χ0n) is 1.92. The van der Waals surface area contributed by atoms with E-state index in [1.165, 1.54) is 0 Å². The van der Waals surface area contributed by atoms with E-state index in [0.717, 1.165) is 0 Å². The van der Waals surface area contributed by atoms with Gasteiger partial charge in [0.15, 0.2) is 0 Å². The Bertz CT molecular complexity index is 29.0. The fourth-order valence-corrected chi connectivity index (χ4v) is 0. The van der Waals surface area contributed by atoms with Crippen LogP contribution in [0.15, 0.2) is 0 Å². The van der Waals surface area contributed by atoms with Crippen LogP contribution in [0.4, 0.5) is 0 Å². The van der Waals surface area contributed by atoms with Gasteiger partial charge in [0.25, 0.3) is 0 Å². The van der Waals surface area contributed by atoms with Crippen molar-refractivity contribution in [1.82, 2.24) is 0 Å². The van der Waals surface area contributed by atoms with Crippen molar-refractivity contribution in [3.05, 3.63) is 0 Å². The molecule has 0 aromatic carbocycles. The summed E-state index contributed by atoms with van der Waals surface area (Å²) in [5.41, 5.74) is 0. The molecule has 2 N–H and O–H groups in total. The van der Waals surface area contributed by atoms with E-state index < -0.39 is 7.87 Å². The minimum absolute atomic E-state index is 2.12. The molecule has 0 rings (SSSR count). The summed E-state index contributed by atoms with van der Waals surface area (Å²) in [5, 5.41) is 0. The van der Waals surface area contributed by atoms with Crippen molar-refractivity contribution in [3.8, 4) is 0 Å². The summed E-state index contributed by atoms with van der Waals surface area (Å²) in [6, 6.07) is 0. The van der Waals surface area contributed by atoms with Crippen molar-refractivity contribution >= 4 is 15.1 Å². The van der Waals surface area contributed by atoms with Crippen LogP contribution in [0.5, 0.6) is 0 Å². The summed E-state index contributed by atoms with van der Waals surface area (Å²) >= 11 is 0. The zero-order valence-corrected chi connectivity index (χ0v) is 2.81. The predicted octanol–water partition coefficient (Wildman–Crippen LogP) is -0.634. The van der Waals surface area contributed by atoms with Gasteiger partial charge in [-0.05, 0) is 0 Å². The molecular formula is H2BO2P+. The van der Waals surface area contributed by atoms with E-state index in [9.17, 15) is 0 Å². The Labute approximate surface area is 26.0 Å². The van der Waals surface area contributed by atoms with E-state index in [0.29, 0.717) is 0 Å². The van der Waals surface area contributed by atoms with Crippen molar-refractivity contribution in [2.24, 2.45) is 0 Å². The summed E-state index contributed by atoms with van der Waals surface area (Å²) in [4.78, 5) is 14.9. The van der Waals surface area contributed by atoms with Crippen molar-refractivity contribution in [3.63, 3.8) is 0 Å². The molecular weight excluding hydrogens is 73.8 g/mol. The first-order valence-electron chi connectivity index (χ1n) is 0.658. The average Bonchev–Trinajstić information content (AvgIpc) is 0.811. The van der Waals surface area contributed by atoms with Gasteiger partial charge in [-0.2, -0.15) is 0 Å². The molecule has 0 aliphatic heterocycles. The van der Waals surface area contributed by atoms with Crippen molar-refractivity contribution < 1.29 is 9.79 Å². The van der Waals surface area contributed by atoms with Gasteiger partial charge in [-0.15, -0.1) is 0 Å². The van der Waals surface area contributed by atoms with Crippen molar-refractivity contribution in [2.45, 2.75) is 0 Å². The van der Waals surface area contributed by atoms with Gasteiger partial charge in [0, 0.05) is 0 Å². The van der Waals surface area contributed by atoms with Crippen LogP contribution >= 0.6 is 7.87 Å². The van der Waals surface area contributed by atoms with E-state index in [4.69, 9.17) is 9.79 Å². The van der Waals surface area contributed by atoms with Gasteiger partial charge >= 0.3 is 24.8 Å². The van der Waals surface area contributed by atoms with Gasteiger partial charge in [0.05, 0.1) is 0 Å². The fraction of sp³-hybridized carbons (Fsp3) is 0. The molecule has 0 aromatic heterocycles. The zero-order chi connectivity index (χ0) is 3.58. The first kappa shape index (κ1) is 4.28. The van der Waals surface area contributed by atoms with E-state index in [-0.39, 0.29) is 0 Å². The Morgan fingerprint density at radius 3 is 1.50 bits per heavy atom. The Balaban J connectivity index is 2.80. The quantitative estimate of drug-likeness (QED) is 0.297. The Morgan fingerprint density at radius 1 is 1.50 bits per heavy atom. The molecule has 0 heterocycles. The summed E-state index contributed by atoms with van der Waals surface area (Å²) < 4.78 is 0. The van der Waals surface area contributed by atoms with E-state index in [1.807, 2.05) is 0 Å². The SMILES string of the molecule is [B]=[P+](O)O. The molecule has 2 nitrogen and oxygen atoms in total. The molecule has 0 atom stereocenters. The van der Waals surface area contributed by atoms with Gasteiger partial charge < -0.3 is 0 Å². The third-order valence-corrected chi connectivity index (χ3v) is 0. The average molecular weight is 75.8 g/mol. The Hall–Kier alpha value is 0.285. The van der Waals surface area contributed by atoms with Crippen molar-refractivity contribution in [1.29, 1.82) is 0 Å². The van der Waals surface area contributed by atoms with Crippen LogP contribution < -0.4 is 0 Å². The van der Waals surface area contributed by atoms with Crippen LogP contribution in [0.3, 0.4) is 0 Å². The first-order chi connectivity index (χ1) is 1.73. The molecule has 0 aliphatic rings. The molecule has 0 fully saturated rings. The number of hydrogen-bond acceptors (Lipinski definition) is 2. The van der Waals surface area contributed by atoms with Gasteiger partial charge in [0.1, 0.15) is 0 Å². The molecule has 0 saturated carbocycles. The van der Waals surface area contributed by atoms with Crippen LogP contribution in [0, 0.1) is 0 Å². The summed E-state index contributed by atoms with van der Waals surface area (Å²) in [6.07, 6.45) is 0. The normalized spacial score (nSPS) is 6.25. The molecule has 0 aliphatic carbocycles. The monoisotopic (exact) mass is 76.0 g/mol. The first-order valence-corrected chi connectivity index (χ1v) is 1.97. The van der Waals surface area contributed by atoms with Crippen LogP contribution in [-0.4, -0.2) is 17.0 Å². The fourth-order valence-electron chi connectivity index (χ4n) is 0. The third kappa shape index (κ3) is 46.5. The maximum atomic E-state index is 7.45. The molecule has 0 spiro atoms. The third-order valence-electron chi connectivity index (χ3n) is 0. The number of rotatable bonds is 0. The van der Waals surface area contributed by atoms with Gasteiger partial charge in [-0.3, -0.25) is 0 Å². The second-order valence-electron chi connectivity index (χ2n) is 0.320. The van der Waals surface area contributed by atoms with Crippen LogP contribution in [0.25, 0.3) is 0 Å². The van der Waals surface area contributed by atoms with Crippen molar-refractivity contribution in [2.75, 3.05) is 0 Å². The van der Waals surface area contributed by atoms with Crippen LogP contribution in [-0.2, 0) is 0 Å².